The van der Waals surface area contributed by atoms with Crippen molar-refractivity contribution in [1.82, 2.24) is 9.13 Å². The van der Waals surface area contributed by atoms with Crippen LogP contribution in [0.15, 0.2) is 160 Å². The standard InChI is InChI=1S/C43H31N4O2/c1-46-37-22-21-29(25-38(37)47(2)43(46)48)28-13-8-15-31(23-28)35-26-36(45-42(44-35)27-11-4-3-5-12-27)32-16-9-14-30(24-32)33-18-10-20-40-41(33)34-17-6-7-19-39(34)49-40/h3-26,42H,1-2H3/q-1. The molecule has 1 aliphatic heterocycles. The number of furan rings is 1. The molecule has 6 aromatic carbocycles. The number of nitrogens with zero attached hydrogens (tertiary/aromatic N) is 4. The van der Waals surface area contributed by atoms with Gasteiger partial charge in [-0.05, 0) is 69.8 Å². The van der Waals surface area contributed by atoms with Crippen molar-refractivity contribution in [3.8, 4) is 22.3 Å². The molecule has 0 saturated carbocycles. The highest BCUT2D eigenvalue weighted by Crippen LogP contribution is 2.40. The zero-order valence-corrected chi connectivity index (χ0v) is 27.0. The van der Waals surface area contributed by atoms with E-state index in [1.54, 1.807) is 16.2 Å². The van der Waals surface area contributed by atoms with Gasteiger partial charge in [0.2, 0.25) is 0 Å². The van der Waals surface area contributed by atoms with Crippen molar-refractivity contribution in [2.24, 2.45) is 19.1 Å². The first-order valence-electron chi connectivity index (χ1n) is 16.3. The Labute approximate surface area is 282 Å². The lowest BCUT2D eigenvalue weighted by atomic mass is 9.95. The molecule has 6 nitrogen and oxygen atoms in total. The van der Waals surface area contributed by atoms with Gasteiger partial charge in [-0.2, -0.15) is 0 Å². The molecular weight excluding hydrogens is 604 g/mol. The molecule has 1 aliphatic rings. The fourth-order valence-electron chi connectivity index (χ4n) is 6.99. The lowest BCUT2D eigenvalue weighted by molar-refractivity contribution is 0.669. The van der Waals surface area contributed by atoms with Gasteiger partial charge in [0.1, 0.15) is 11.2 Å². The van der Waals surface area contributed by atoms with Crippen molar-refractivity contribution in [3.05, 3.63) is 178 Å². The monoisotopic (exact) mass is 635 g/mol. The van der Waals surface area contributed by atoms with Gasteiger partial charge in [-0.1, -0.05) is 109 Å². The summed E-state index contributed by atoms with van der Waals surface area (Å²) in [5.41, 5.74) is 12.6. The molecule has 2 aromatic heterocycles. The number of aromatic nitrogens is 2. The molecule has 8 aromatic rings. The first kappa shape index (κ1) is 28.8. The Kier molecular flexibility index (Phi) is 6.69. The van der Waals surface area contributed by atoms with Gasteiger partial charge < -0.3 is 9.73 Å². The van der Waals surface area contributed by atoms with E-state index in [1.807, 2.05) is 49.5 Å². The van der Waals surface area contributed by atoms with Crippen LogP contribution in [-0.4, -0.2) is 14.8 Å². The zero-order chi connectivity index (χ0) is 33.1. The smallest absolute Gasteiger partial charge is 0.328 e. The predicted molar refractivity (Wildman–Crippen MR) is 200 cm³/mol. The minimum absolute atomic E-state index is 0.0373. The van der Waals surface area contributed by atoms with Crippen molar-refractivity contribution in [1.29, 1.82) is 0 Å². The fraction of sp³-hybridized carbons (Fsp3) is 0.0698. The average molecular weight is 636 g/mol. The Balaban J connectivity index is 1.15. The van der Waals surface area contributed by atoms with E-state index in [0.29, 0.717) is 0 Å². The highest BCUT2D eigenvalue weighted by atomic mass is 16.3. The highest BCUT2D eigenvalue weighted by Gasteiger charge is 2.16. The van der Waals surface area contributed by atoms with Gasteiger partial charge in [0.25, 0.3) is 0 Å². The third-order valence-corrected chi connectivity index (χ3v) is 9.53. The highest BCUT2D eigenvalue weighted by molar-refractivity contribution is 6.16. The van der Waals surface area contributed by atoms with Crippen LogP contribution in [0.1, 0.15) is 22.9 Å². The number of fused-ring (bicyclic) bond motifs is 4. The van der Waals surface area contributed by atoms with Crippen LogP contribution in [-0.2, 0) is 14.1 Å². The number of rotatable bonds is 5. The van der Waals surface area contributed by atoms with E-state index in [2.05, 4.69) is 103 Å². The molecule has 0 N–H and O–H groups in total. The maximum Gasteiger partial charge on any atom is 0.328 e. The van der Waals surface area contributed by atoms with E-state index >= 15 is 0 Å². The first-order chi connectivity index (χ1) is 24.0. The van der Waals surface area contributed by atoms with Crippen molar-refractivity contribution in [2.75, 3.05) is 0 Å². The molecule has 9 rings (SSSR count). The summed E-state index contributed by atoms with van der Waals surface area (Å²) in [5.74, 6) is 0. The Morgan fingerprint density at radius 3 is 2.16 bits per heavy atom. The lowest BCUT2D eigenvalue weighted by Gasteiger charge is -2.37. The van der Waals surface area contributed by atoms with Crippen LogP contribution >= 0.6 is 0 Å². The Bertz CT molecular complexity index is 2690. The number of para-hydroxylation sites is 1. The van der Waals surface area contributed by atoms with Crippen LogP contribution in [0.25, 0.3) is 66.2 Å². The summed E-state index contributed by atoms with van der Waals surface area (Å²) in [7, 11) is 3.62. The molecule has 236 valence electrons. The number of hydrogen-bond donors (Lipinski definition) is 0. The third kappa shape index (κ3) is 4.88. The van der Waals surface area contributed by atoms with E-state index in [1.165, 1.54) is 0 Å². The summed E-state index contributed by atoms with van der Waals surface area (Å²) < 4.78 is 9.57. The molecule has 0 fully saturated rings. The predicted octanol–water partition coefficient (Wildman–Crippen LogP) is 10.0. The van der Waals surface area contributed by atoms with Gasteiger partial charge in [0.05, 0.1) is 16.7 Å². The molecule has 0 radical (unpaired) electrons. The third-order valence-electron chi connectivity index (χ3n) is 9.53. The maximum atomic E-state index is 12.6. The number of aliphatic imine (C=N–C) groups is 1. The molecule has 0 spiro atoms. The Morgan fingerprint density at radius 1 is 0.612 bits per heavy atom. The second kappa shape index (κ2) is 11.4. The summed E-state index contributed by atoms with van der Waals surface area (Å²) in [6, 6.07) is 47.8. The van der Waals surface area contributed by atoms with Crippen molar-refractivity contribution in [2.45, 2.75) is 6.17 Å². The number of aryl methyl sites for hydroxylation is 2. The van der Waals surface area contributed by atoms with Crippen LogP contribution in [0.3, 0.4) is 0 Å². The summed E-state index contributed by atoms with van der Waals surface area (Å²) in [5, 5.41) is 7.39. The van der Waals surface area contributed by atoms with Crippen molar-refractivity contribution in [3.63, 3.8) is 0 Å². The fourth-order valence-corrected chi connectivity index (χ4v) is 6.99. The maximum absolute atomic E-state index is 12.6. The zero-order valence-electron chi connectivity index (χ0n) is 27.0. The van der Waals surface area contributed by atoms with Gasteiger partial charge in [-0.25, -0.2) is 4.79 Å². The van der Waals surface area contributed by atoms with Gasteiger partial charge >= 0.3 is 5.69 Å². The quantitative estimate of drug-likeness (QED) is 0.189. The topological polar surface area (TPSA) is 66.5 Å². The number of benzene rings is 6. The van der Waals surface area contributed by atoms with E-state index < -0.39 is 0 Å². The van der Waals surface area contributed by atoms with Crippen LogP contribution < -0.4 is 5.69 Å². The Morgan fingerprint density at radius 2 is 1.29 bits per heavy atom. The number of imidazole rings is 1. The molecule has 6 heteroatoms. The molecule has 3 heterocycles. The van der Waals surface area contributed by atoms with Gasteiger partial charge in [0, 0.05) is 36.6 Å². The Hall–Kier alpha value is -6.40. The van der Waals surface area contributed by atoms with Crippen LogP contribution in [0.2, 0.25) is 0 Å². The molecule has 0 aliphatic carbocycles. The minimum Gasteiger partial charge on any atom is -0.659 e. The second-order valence-corrected chi connectivity index (χ2v) is 12.5. The lowest BCUT2D eigenvalue weighted by Crippen LogP contribution is -2.19. The molecule has 1 atom stereocenters. The number of hydrogen-bond acceptors (Lipinski definition) is 3. The summed E-state index contributed by atoms with van der Waals surface area (Å²) in [6.07, 6.45) is 1.70. The van der Waals surface area contributed by atoms with Crippen LogP contribution in [0.5, 0.6) is 0 Å². The van der Waals surface area contributed by atoms with Crippen molar-refractivity contribution < 1.29 is 4.42 Å². The molecule has 49 heavy (non-hydrogen) atoms. The van der Waals surface area contributed by atoms with Gasteiger partial charge in [-0.3, -0.25) is 14.1 Å². The van der Waals surface area contributed by atoms with Gasteiger partial charge in [0.15, 0.2) is 0 Å². The summed E-state index contributed by atoms with van der Waals surface area (Å²) >= 11 is 0. The molecule has 1 unspecified atom stereocenters. The first-order valence-corrected chi connectivity index (χ1v) is 16.3. The second-order valence-electron chi connectivity index (χ2n) is 12.5. The van der Waals surface area contributed by atoms with Crippen LogP contribution in [0, 0.1) is 0 Å². The largest absolute Gasteiger partial charge is 0.659 e. The molecule has 0 saturated heterocycles. The average Bonchev–Trinajstić information content (AvgIpc) is 3.65. The molecule has 0 bridgehead atoms. The van der Waals surface area contributed by atoms with E-state index in [9.17, 15) is 4.79 Å². The minimum atomic E-state index is -0.389. The van der Waals surface area contributed by atoms with E-state index in [-0.39, 0.29) is 11.9 Å². The van der Waals surface area contributed by atoms with Gasteiger partial charge in [-0.15, -0.1) is 5.70 Å². The molecule has 0 amide bonds. The van der Waals surface area contributed by atoms with Crippen molar-refractivity contribution >= 4 is 44.4 Å². The van der Waals surface area contributed by atoms with E-state index in [0.717, 1.165) is 83.3 Å². The van der Waals surface area contributed by atoms with E-state index in [4.69, 9.17) is 14.7 Å². The number of allylic oxidation sites excluding steroid dienone is 1. The summed E-state index contributed by atoms with van der Waals surface area (Å²) in [4.78, 5) is 17.8. The molecular formula is C43H31N4O2-. The normalized spacial score (nSPS) is 14.6. The summed E-state index contributed by atoms with van der Waals surface area (Å²) in [6.45, 7) is 0. The SMILES string of the molecule is Cn1c(=O)n(C)c2cc(-c3cccc(C4=CC(c5cccc(-c6cccc7oc8ccccc8c67)c5)=NC(c5ccccc5)[N-]4)c3)ccc21. The van der Waals surface area contributed by atoms with Crippen LogP contribution in [0.4, 0.5) is 0 Å².